The van der Waals surface area contributed by atoms with Crippen LogP contribution in [0.1, 0.15) is 13.3 Å². The third-order valence-corrected chi connectivity index (χ3v) is 1.66. The Balaban J connectivity index is 3.60. The van der Waals surface area contributed by atoms with Crippen molar-refractivity contribution in [1.29, 1.82) is 0 Å². The van der Waals surface area contributed by atoms with Gasteiger partial charge in [-0.05, 0) is 11.3 Å². The van der Waals surface area contributed by atoms with Crippen molar-refractivity contribution in [2.45, 2.75) is 13.3 Å². The van der Waals surface area contributed by atoms with Crippen molar-refractivity contribution < 1.29 is 0 Å². The van der Waals surface area contributed by atoms with Crippen LogP contribution < -0.4 is 11.6 Å². The number of allylic oxidation sites excluding steroid dienone is 1. The molecule has 0 bridgehead atoms. The average molecular weight is 145 g/mol. The highest BCUT2D eigenvalue weighted by molar-refractivity contribution is 8.17. The largest absolute Gasteiger partial charge is 0.377 e. The summed E-state index contributed by atoms with van der Waals surface area (Å²) in [5.74, 6) is 4.88. The van der Waals surface area contributed by atoms with Crippen molar-refractivity contribution in [3.63, 3.8) is 0 Å². The molecule has 4 N–H and O–H groups in total. The molecule has 0 aliphatic heterocycles. The summed E-state index contributed by atoms with van der Waals surface area (Å²) >= 11 is 1.31. The first-order valence-corrected chi connectivity index (χ1v) is 3.41. The molecule has 3 nitrogen and oxygen atoms in total. The van der Waals surface area contributed by atoms with Crippen LogP contribution in [0.2, 0.25) is 0 Å². The maximum atomic E-state index is 5.28. The molecule has 0 saturated carbocycles. The predicted molar refractivity (Wildman–Crippen MR) is 42.8 cm³/mol. The van der Waals surface area contributed by atoms with E-state index in [-0.39, 0.29) is 0 Å². The van der Waals surface area contributed by atoms with Crippen molar-refractivity contribution >= 4 is 16.9 Å². The molecule has 0 amide bonds. The van der Waals surface area contributed by atoms with Crippen molar-refractivity contribution in [3.8, 4) is 0 Å². The molecule has 0 aliphatic rings. The fourth-order valence-corrected chi connectivity index (χ4v) is 0.739. The van der Waals surface area contributed by atoms with Crippen LogP contribution in [0.4, 0.5) is 0 Å². The molecular weight excluding hydrogens is 134 g/mol. The molecule has 0 aromatic heterocycles. The van der Waals surface area contributed by atoms with E-state index >= 15 is 0 Å². The second-order valence-corrected chi connectivity index (χ2v) is 2.66. The standard InChI is InChI=1S/C5H11N3S/c1-3-4(2)9-5(6)8-7/h2-3,7H2,1H3,(H2,6,8). The van der Waals surface area contributed by atoms with Gasteiger partial charge in [0, 0.05) is 0 Å². The van der Waals surface area contributed by atoms with Gasteiger partial charge >= 0.3 is 0 Å². The highest BCUT2D eigenvalue weighted by Crippen LogP contribution is 2.14. The Hall–Kier alpha value is -0.640. The van der Waals surface area contributed by atoms with Crippen molar-refractivity contribution in [1.82, 2.24) is 0 Å². The lowest BCUT2D eigenvalue weighted by Gasteiger charge is -1.97. The lowest BCUT2D eigenvalue weighted by molar-refractivity contribution is 1.21. The molecule has 9 heavy (non-hydrogen) atoms. The van der Waals surface area contributed by atoms with Gasteiger partial charge in [0.15, 0.2) is 5.17 Å². The molecule has 0 unspecified atom stereocenters. The summed E-state index contributed by atoms with van der Waals surface area (Å²) in [6.45, 7) is 5.71. The molecule has 0 spiro atoms. The molecule has 4 heteroatoms. The summed E-state index contributed by atoms with van der Waals surface area (Å²) in [5.41, 5.74) is 5.28. The minimum Gasteiger partial charge on any atom is -0.377 e. The van der Waals surface area contributed by atoms with E-state index in [4.69, 9.17) is 11.6 Å². The van der Waals surface area contributed by atoms with Gasteiger partial charge in [0.1, 0.15) is 0 Å². The highest BCUT2D eigenvalue weighted by Gasteiger charge is 1.93. The number of nitrogens with zero attached hydrogens (tertiary/aromatic N) is 1. The van der Waals surface area contributed by atoms with Gasteiger partial charge in [-0.25, -0.2) is 0 Å². The van der Waals surface area contributed by atoms with E-state index in [1.54, 1.807) is 0 Å². The number of nitrogens with two attached hydrogens (primary N) is 2. The Kier molecular flexibility index (Phi) is 3.96. The molecule has 0 rings (SSSR count). The maximum Gasteiger partial charge on any atom is 0.182 e. The van der Waals surface area contributed by atoms with Gasteiger partial charge in [0.2, 0.25) is 0 Å². The first-order chi connectivity index (χ1) is 4.20. The van der Waals surface area contributed by atoms with E-state index < -0.39 is 0 Å². The Morgan fingerprint density at radius 1 is 1.78 bits per heavy atom. The molecule has 0 saturated heterocycles. The number of rotatable bonds is 2. The summed E-state index contributed by atoms with van der Waals surface area (Å²) in [7, 11) is 0. The minimum atomic E-state index is 0.363. The molecule has 0 aromatic rings. The molecule has 0 heterocycles. The molecule has 52 valence electrons. The number of amidine groups is 1. The van der Waals surface area contributed by atoms with E-state index in [1.807, 2.05) is 6.92 Å². The Labute approximate surface area is 59.2 Å². The SMILES string of the molecule is C=C(CC)S/C(N)=N\N. The van der Waals surface area contributed by atoms with Gasteiger partial charge in [-0.3, -0.25) is 0 Å². The number of hydrogen-bond acceptors (Lipinski definition) is 3. The predicted octanol–water partition coefficient (Wildman–Crippen LogP) is 0.832. The van der Waals surface area contributed by atoms with Gasteiger partial charge in [0.25, 0.3) is 0 Å². The van der Waals surface area contributed by atoms with Crippen molar-refractivity contribution in [2.24, 2.45) is 16.7 Å². The second kappa shape index (κ2) is 4.26. The smallest absolute Gasteiger partial charge is 0.182 e. The summed E-state index contributed by atoms with van der Waals surface area (Å²) in [5, 5.41) is 3.64. The fourth-order valence-electron chi connectivity index (χ4n) is 0.246. The number of hydrogen-bond donors (Lipinski definition) is 2. The van der Waals surface area contributed by atoms with Crippen LogP contribution in [0.5, 0.6) is 0 Å². The second-order valence-electron chi connectivity index (χ2n) is 1.46. The number of hydrazone groups is 1. The molecule has 0 atom stereocenters. The third-order valence-electron chi connectivity index (χ3n) is 0.770. The van der Waals surface area contributed by atoms with Crippen LogP contribution in [-0.2, 0) is 0 Å². The van der Waals surface area contributed by atoms with E-state index in [2.05, 4.69) is 11.7 Å². The molecule has 0 aliphatic carbocycles. The van der Waals surface area contributed by atoms with Crippen LogP contribution in [-0.4, -0.2) is 5.17 Å². The minimum absolute atomic E-state index is 0.363. The van der Waals surface area contributed by atoms with Crippen LogP contribution in [0.25, 0.3) is 0 Å². The van der Waals surface area contributed by atoms with E-state index in [0.29, 0.717) is 5.17 Å². The highest BCUT2D eigenvalue weighted by atomic mass is 32.2. The topological polar surface area (TPSA) is 64.4 Å². The summed E-state index contributed by atoms with van der Waals surface area (Å²) in [4.78, 5) is 0.974. The van der Waals surface area contributed by atoms with E-state index in [0.717, 1.165) is 11.3 Å². The summed E-state index contributed by atoms with van der Waals surface area (Å²) < 4.78 is 0. The Morgan fingerprint density at radius 2 is 2.33 bits per heavy atom. The average Bonchev–Trinajstić information content (AvgIpc) is 1.87. The van der Waals surface area contributed by atoms with Gasteiger partial charge < -0.3 is 11.6 Å². The quantitative estimate of drug-likeness (QED) is 0.262. The Morgan fingerprint density at radius 3 is 2.67 bits per heavy atom. The van der Waals surface area contributed by atoms with Crippen LogP contribution in [0, 0.1) is 0 Å². The van der Waals surface area contributed by atoms with E-state index in [9.17, 15) is 0 Å². The fraction of sp³-hybridized carbons (Fsp3) is 0.400. The van der Waals surface area contributed by atoms with Crippen molar-refractivity contribution in [3.05, 3.63) is 11.5 Å². The molecular formula is C5H11N3S. The number of thioether (sulfide) groups is 1. The lowest BCUT2D eigenvalue weighted by atomic mass is 10.5. The van der Waals surface area contributed by atoms with Gasteiger partial charge in [0.05, 0.1) is 0 Å². The van der Waals surface area contributed by atoms with Gasteiger partial charge in [-0.15, -0.1) is 0 Å². The zero-order chi connectivity index (χ0) is 7.28. The van der Waals surface area contributed by atoms with Gasteiger partial charge in [-0.1, -0.05) is 25.3 Å². The zero-order valence-corrected chi connectivity index (χ0v) is 6.24. The normalized spacial score (nSPS) is 11.4. The third kappa shape index (κ3) is 3.90. The molecule has 0 aromatic carbocycles. The van der Waals surface area contributed by atoms with E-state index in [1.165, 1.54) is 11.8 Å². The first kappa shape index (κ1) is 8.36. The van der Waals surface area contributed by atoms with Crippen LogP contribution in [0.3, 0.4) is 0 Å². The maximum absolute atomic E-state index is 5.28. The summed E-state index contributed by atoms with van der Waals surface area (Å²) in [6.07, 6.45) is 0.890. The van der Waals surface area contributed by atoms with Gasteiger partial charge in [-0.2, -0.15) is 5.10 Å². The lowest BCUT2D eigenvalue weighted by Crippen LogP contribution is -2.08. The van der Waals surface area contributed by atoms with Crippen LogP contribution in [0.15, 0.2) is 16.6 Å². The van der Waals surface area contributed by atoms with Crippen LogP contribution >= 0.6 is 11.8 Å². The molecule has 0 fully saturated rings. The monoisotopic (exact) mass is 145 g/mol. The first-order valence-electron chi connectivity index (χ1n) is 2.59. The summed E-state index contributed by atoms with van der Waals surface area (Å²) in [6, 6.07) is 0. The van der Waals surface area contributed by atoms with Crippen molar-refractivity contribution in [2.75, 3.05) is 0 Å². The zero-order valence-electron chi connectivity index (χ0n) is 5.42. The molecule has 0 radical (unpaired) electrons. The Bertz CT molecular complexity index is 130.